The average Bonchev–Trinajstić information content (AvgIpc) is 3.48. The van der Waals surface area contributed by atoms with E-state index in [0.717, 1.165) is 11.8 Å². The Morgan fingerprint density at radius 1 is 1.26 bits per heavy atom. The number of carbonyl (C=O) groups excluding carboxylic acids is 2. The van der Waals surface area contributed by atoms with Crippen LogP contribution in [-0.2, 0) is 30.7 Å². The Bertz CT molecular complexity index is 1360. The molecule has 13 heteroatoms. The van der Waals surface area contributed by atoms with Crippen molar-refractivity contribution in [3.63, 3.8) is 0 Å². The van der Waals surface area contributed by atoms with Gasteiger partial charge in [0, 0.05) is 12.6 Å². The summed E-state index contributed by atoms with van der Waals surface area (Å²) in [7, 11) is -4.52. The van der Waals surface area contributed by atoms with E-state index < -0.39 is 48.0 Å². The number of amides is 1. The highest BCUT2D eigenvalue weighted by atomic mass is 32.3. The molecule has 214 valence electrons. The third-order valence-corrected chi connectivity index (χ3v) is 9.31. The van der Waals surface area contributed by atoms with E-state index in [9.17, 15) is 27.5 Å². The summed E-state index contributed by atoms with van der Waals surface area (Å²) in [5.41, 5.74) is -0.205. The van der Waals surface area contributed by atoms with Crippen LogP contribution in [0.1, 0.15) is 71.1 Å². The molecule has 0 aromatic heterocycles. The Kier molecular flexibility index (Phi) is 8.81. The molecule has 2 N–H and O–H groups in total. The molecule has 0 saturated carbocycles. The number of benzene rings is 1. The minimum absolute atomic E-state index is 0.130. The molecule has 10 nitrogen and oxygen atoms in total. The zero-order chi connectivity index (χ0) is 29.4. The van der Waals surface area contributed by atoms with Crippen LogP contribution >= 0.6 is 11.8 Å². The molecular formula is C26H34FN3O7S2. The van der Waals surface area contributed by atoms with Gasteiger partial charge in [0.25, 0.3) is 0 Å². The molecule has 1 unspecified atom stereocenters. The van der Waals surface area contributed by atoms with E-state index in [1.165, 1.54) is 26.0 Å². The highest BCUT2D eigenvalue weighted by Crippen LogP contribution is 2.47. The second-order valence-corrected chi connectivity index (χ2v) is 14.2. The third kappa shape index (κ3) is 6.94. The lowest BCUT2D eigenvalue weighted by atomic mass is 9.84. The molecular weight excluding hydrogens is 549 g/mol. The predicted molar refractivity (Wildman–Crippen MR) is 146 cm³/mol. The van der Waals surface area contributed by atoms with E-state index >= 15 is 0 Å². The number of nitrogens with one attached hydrogen (secondary N) is 1. The summed E-state index contributed by atoms with van der Waals surface area (Å²) in [5.74, 6) is -1.12. The van der Waals surface area contributed by atoms with Crippen molar-refractivity contribution in [2.24, 2.45) is 9.63 Å². The molecule has 2 heterocycles. The van der Waals surface area contributed by atoms with Gasteiger partial charge in [-0.2, -0.15) is 8.42 Å². The number of Topliss-reactive ketones (excluding diaryl/α,β-unsaturated/α-hetero) is 1. The van der Waals surface area contributed by atoms with Crippen molar-refractivity contribution in [1.29, 1.82) is 0 Å². The summed E-state index contributed by atoms with van der Waals surface area (Å²) in [6.45, 7) is 11.9. The normalized spacial score (nSPS) is 20.3. The number of sulfonamides is 1. The molecule has 0 aliphatic carbocycles. The van der Waals surface area contributed by atoms with Crippen LogP contribution < -0.4 is 5.32 Å². The lowest BCUT2D eigenvalue weighted by Gasteiger charge is -2.38. The number of hydrogen-bond donors (Lipinski definition) is 2. The standard InChI is InChI=1S/C26H34FN3O7S2/c1-15(2)18-10-17(27)11-19(16-8-9-36-14-16)20(18)12-21(31)26(25(6,7)33)28-13-22(38-26)39(34,35)30-29-23(32)37-24(3,4)5/h8,10-11,13,15,28,33H,9,12,14H2,1-7H3. The van der Waals surface area contributed by atoms with Crippen molar-refractivity contribution in [1.82, 2.24) is 5.32 Å². The molecule has 1 amide bonds. The fraction of sp³-hybridized carbons (Fsp3) is 0.538. The fourth-order valence-corrected chi connectivity index (χ4v) is 6.54. The lowest BCUT2D eigenvalue weighted by Crippen LogP contribution is -2.60. The molecule has 1 atom stereocenters. The Morgan fingerprint density at radius 2 is 1.92 bits per heavy atom. The Hall–Kier alpha value is -2.61. The number of thioether (sulfide) groups is 1. The first-order valence-electron chi connectivity index (χ1n) is 12.3. The van der Waals surface area contributed by atoms with Crippen LogP contribution in [0.3, 0.4) is 0 Å². The average molecular weight is 584 g/mol. The Labute approximate surface area is 232 Å². The predicted octanol–water partition coefficient (Wildman–Crippen LogP) is 4.79. The maximum Gasteiger partial charge on any atom is 0.453 e. The van der Waals surface area contributed by atoms with Crippen molar-refractivity contribution in [2.75, 3.05) is 13.2 Å². The molecule has 3 rings (SSSR count). The minimum atomic E-state index is -4.52. The number of carbonyl (C=O) groups is 2. The summed E-state index contributed by atoms with van der Waals surface area (Å²) in [5, 5.41) is 17.0. The quantitative estimate of drug-likeness (QED) is 0.413. The highest BCUT2D eigenvalue weighted by molar-refractivity contribution is 8.19. The number of aliphatic hydroxyl groups is 1. The van der Waals surface area contributed by atoms with Gasteiger partial charge >= 0.3 is 16.1 Å². The first kappa shape index (κ1) is 30.9. The molecule has 2 aliphatic heterocycles. The van der Waals surface area contributed by atoms with Gasteiger partial charge in [-0.25, -0.2) is 9.18 Å². The second-order valence-electron chi connectivity index (χ2n) is 11.1. The zero-order valence-electron chi connectivity index (χ0n) is 23.0. The Morgan fingerprint density at radius 3 is 2.46 bits per heavy atom. The number of nitrogens with zero attached hydrogens (tertiary/aromatic N) is 2. The first-order valence-corrected chi connectivity index (χ1v) is 14.5. The molecule has 1 aromatic carbocycles. The minimum Gasteiger partial charge on any atom is -0.441 e. The molecule has 2 aliphatic rings. The van der Waals surface area contributed by atoms with Crippen LogP contribution in [0.15, 0.2) is 38.3 Å². The van der Waals surface area contributed by atoms with Gasteiger partial charge in [-0.1, -0.05) is 36.8 Å². The molecule has 0 spiro atoms. The Balaban J connectivity index is 1.96. The number of ether oxygens (including phenoxy) is 2. The smallest absolute Gasteiger partial charge is 0.441 e. The molecule has 0 radical (unpaired) electrons. The van der Waals surface area contributed by atoms with Gasteiger partial charge in [0.2, 0.25) is 0 Å². The summed E-state index contributed by atoms with van der Waals surface area (Å²) in [4.78, 5) is 24.0. The topological polar surface area (TPSA) is 144 Å². The van der Waals surface area contributed by atoms with E-state index in [-0.39, 0.29) is 18.9 Å². The van der Waals surface area contributed by atoms with Crippen molar-refractivity contribution in [2.45, 2.75) is 76.9 Å². The summed E-state index contributed by atoms with van der Waals surface area (Å²) in [6, 6.07) is 2.73. The van der Waals surface area contributed by atoms with E-state index in [1.54, 1.807) is 20.8 Å². The highest BCUT2D eigenvalue weighted by Gasteiger charge is 2.55. The summed E-state index contributed by atoms with van der Waals surface area (Å²) < 4.78 is 53.4. The van der Waals surface area contributed by atoms with E-state index in [0.29, 0.717) is 35.1 Å². The van der Waals surface area contributed by atoms with Gasteiger partial charge < -0.3 is 19.9 Å². The van der Waals surface area contributed by atoms with E-state index in [1.807, 2.05) is 19.9 Å². The van der Waals surface area contributed by atoms with Crippen LogP contribution in [0.25, 0.3) is 5.57 Å². The van der Waals surface area contributed by atoms with Crippen molar-refractivity contribution >= 4 is 39.2 Å². The maximum absolute atomic E-state index is 14.6. The molecule has 0 fully saturated rings. The molecule has 0 saturated heterocycles. The lowest BCUT2D eigenvalue weighted by molar-refractivity contribution is -0.127. The first-order chi connectivity index (χ1) is 17.9. The van der Waals surface area contributed by atoms with Gasteiger partial charge in [0.05, 0.1) is 18.8 Å². The van der Waals surface area contributed by atoms with E-state index in [4.69, 9.17) is 9.47 Å². The summed E-state index contributed by atoms with van der Waals surface area (Å²) >= 11 is 0.563. The SMILES string of the molecule is CC(C)c1cc(F)cc(C2=CCOC2)c1CC(=O)C1(C(C)(C)O)NC=C(S(=O)(=O)N=NC(=O)OC(C)(C)C)S1. The van der Waals surface area contributed by atoms with Crippen molar-refractivity contribution in [3.8, 4) is 0 Å². The molecule has 1 aromatic rings. The zero-order valence-corrected chi connectivity index (χ0v) is 24.6. The van der Waals surface area contributed by atoms with Crippen LogP contribution in [0, 0.1) is 5.82 Å². The van der Waals surface area contributed by atoms with Gasteiger partial charge in [-0.05, 0) is 79.5 Å². The van der Waals surface area contributed by atoms with Gasteiger partial charge in [0.1, 0.15) is 15.7 Å². The van der Waals surface area contributed by atoms with Crippen LogP contribution in [0.2, 0.25) is 0 Å². The number of hydrogen-bond acceptors (Lipinski definition) is 9. The van der Waals surface area contributed by atoms with Gasteiger partial charge in [-0.15, -0.1) is 0 Å². The van der Waals surface area contributed by atoms with Crippen LogP contribution in [0.4, 0.5) is 9.18 Å². The largest absolute Gasteiger partial charge is 0.453 e. The monoisotopic (exact) mass is 583 g/mol. The second kappa shape index (κ2) is 11.1. The van der Waals surface area contributed by atoms with Crippen LogP contribution in [0.5, 0.6) is 0 Å². The summed E-state index contributed by atoms with van der Waals surface area (Å²) in [6.07, 6.45) is 1.45. The third-order valence-electron chi connectivity index (χ3n) is 6.04. The van der Waals surface area contributed by atoms with Gasteiger partial charge in [0.15, 0.2) is 10.7 Å². The van der Waals surface area contributed by atoms with E-state index in [2.05, 4.69) is 15.0 Å². The van der Waals surface area contributed by atoms with Crippen LogP contribution in [-0.4, -0.2) is 54.7 Å². The van der Waals surface area contributed by atoms with Crippen molar-refractivity contribution < 1.29 is 37.0 Å². The maximum atomic E-state index is 14.6. The molecule has 0 bridgehead atoms. The number of halogens is 1. The van der Waals surface area contributed by atoms with Crippen molar-refractivity contribution in [3.05, 3.63) is 51.2 Å². The molecule has 39 heavy (non-hydrogen) atoms. The van der Waals surface area contributed by atoms with Gasteiger partial charge in [-0.3, -0.25) is 4.79 Å². The fourth-order valence-electron chi connectivity index (χ4n) is 4.20. The number of rotatable bonds is 8. The number of ketones is 1.